The molecule has 0 atom stereocenters. The van der Waals surface area contributed by atoms with E-state index in [0.717, 1.165) is 30.7 Å². The third-order valence-electron chi connectivity index (χ3n) is 5.02. The van der Waals surface area contributed by atoms with Gasteiger partial charge < -0.3 is 9.47 Å². The highest BCUT2D eigenvalue weighted by Crippen LogP contribution is 2.29. The van der Waals surface area contributed by atoms with Crippen molar-refractivity contribution in [2.24, 2.45) is 0 Å². The molecule has 164 valence electrons. The molecule has 0 N–H and O–H groups in total. The SMILES string of the molecule is CCCCN(Cc1cccn1Cc1cccc(C(F)(F)F)c1)C(=O)c1cccc(Cl)c1. The molecule has 0 spiro atoms. The zero-order chi connectivity index (χ0) is 22.4. The summed E-state index contributed by atoms with van der Waals surface area (Å²) >= 11 is 6.05. The second kappa shape index (κ2) is 10.1. The van der Waals surface area contributed by atoms with E-state index in [1.54, 1.807) is 35.2 Å². The normalized spacial score (nSPS) is 11.5. The lowest BCUT2D eigenvalue weighted by atomic mass is 10.1. The lowest BCUT2D eigenvalue weighted by Crippen LogP contribution is -2.32. The van der Waals surface area contributed by atoms with E-state index in [4.69, 9.17) is 11.6 Å². The monoisotopic (exact) mass is 448 g/mol. The summed E-state index contributed by atoms with van der Waals surface area (Å²) in [4.78, 5) is 14.8. The Balaban J connectivity index is 1.81. The molecule has 3 nitrogen and oxygen atoms in total. The minimum atomic E-state index is -4.38. The van der Waals surface area contributed by atoms with Crippen molar-refractivity contribution in [1.82, 2.24) is 9.47 Å². The van der Waals surface area contributed by atoms with Crippen molar-refractivity contribution < 1.29 is 18.0 Å². The van der Waals surface area contributed by atoms with E-state index in [2.05, 4.69) is 6.92 Å². The number of alkyl halides is 3. The van der Waals surface area contributed by atoms with Gasteiger partial charge in [-0.2, -0.15) is 13.2 Å². The second-order valence-corrected chi connectivity index (χ2v) is 7.85. The van der Waals surface area contributed by atoms with Crippen molar-refractivity contribution in [3.05, 3.63) is 94.3 Å². The smallest absolute Gasteiger partial charge is 0.345 e. The van der Waals surface area contributed by atoms with Gasteiger partial charge in [-0.3, -0.25) is 4.79 Å². The van der Waals surface area contributed by atoms with Crippen LogP contribution in [0.2, 0.25) is 5.02 Å². The Morgan fingerprint density at radius 3 is 2.55 bits per heavy atom. The van der Waals surface area contributed by atoms with Gasteiger partial charge in [0.2, 0.25) is 0 Å². The van der Waals surface area contributed by atoms with Gasteiger partial charge in [-0.25, -0.2) is 0 Å². The molecule has 3 aromatic rings. The van der Waals surface area contributed by atoms with Crippen molar-refractivity contribution in [3.63, 3.8) is 0 Å². The highest BCUT2D eigenvalue weighted by molar-refractivity contribution is 6.30. The number of benzene rings is 2. The first-order valence-electron chi connectivity index (χ1n) is 10.1. The van der Waals surface area contributed by atoms with E-state index in [-0.39, 0.29) is 5.91 Å². The molecule has 0 fully saturated rings. The van der Waals surface area contributed by atoms with Crippen LogP contribution in [0.5, 0.6) is 0 Å². The molecule has 3 rings (SSSR count). The fourth-order valence-electron chi connectivity index (χ4n) is 3.39. The first-order chi connectivity index (χ1) is 14.8. The first kappa shape index (κ1) is 22.9. The van der Waals surface area contributed by atoms with E-state index in [1.165, 1.54) is 6.07 Å². The number of halogens is 4. The van der Waals surface area contributed by atoms with E-state index in [1.807, 2.05) is 22.9 Å². The summed E-state index contributed by atoms with van der Waals surface area (Å²) in [7, 11) is 0. The summed E-state index contributed by atoms with van der Waals surface area (Å²) in [6, 6.07) is 15.9. The molecule has 1 aromatic heterocycles. The third kappa shape index (κ3) is 6.14. The van der Waals surface area contributed by atoms with Crippen LogP contribution in [-0.4, -0.2) is 21.9 Å². The van der Waals surface area contributed by atoms with Crippen molar-refractivity contribution in [2.75, 3.05) is 6.54 Å². The maximum absolute atomic E-state index is 13.1. The number of hydrogen-bond donors (Lipinski definition) is 0. The fraction of sp³-hybridized carbons (Fsp3) is 0.292. The summed E-state index contributed by atoms with van der Waals surface area (Å²) < 4.78 is 41.0. The van der Waals surface area contributed by atoms with Crippen LogP contribution >= 0.6 is 11.6 Å². The molecular formula is C24H24ClF3N2O. The van der Waals surface area contributed by atoms with E-state index < -0.39 is 11.7 Å². The highest BCUT2D eigenvalue weighted by atomic mass is 35.5. The summed E-state index contributed by atoms with van der Waals surface area (Å²) in [5.41, 5.74) is 1.25. The van der Waals surface area contributed by atoms with Crippen molar-refractivity contribution in [2.45, 2.75) is 39.0 Å². The van der Waals surface area contributed by atoms with E-state index in [9.17, 15) is 18.0 Å². The molecule has 1 amide bonds. The predicted octanol–water partition coefficient (Wildman–Crippen LogP) is 6.65. The van der Waals surface area contributed by atoms with Gasteiger partial charge >= 0.3 is 6.18 Å². The van der Waals surface area contributed by atoms with Gasteiger partial charge in [0.1, 0.15) is 0 Å². The van der Waals surface area contributed by atoms with Crippen LogP contribution in [0.1, 0.15) is 46.9 Å². The molecule has 0 radical (unpaired) electrons. The quantitative estimate of drug-likeness (QED) is 0.378. The van der Waals surface area contributed by atoms with Crippen molar-refractivity contribution in [1.29, 1.82) is 0 Å². The molecule has 0 aliphatic carbocycles. The van der Waals surface area contributed by atoms with Gasteiger partial charge in [0.25, 0.3) is 5.91 Å². The Kier molecular flexibility index (Phi) is 7.44. The Hall–Kier alpha value is -2.73. The van der Waals surface area contributed by atoms with Gasteiger partial charge in [-0.15, -0.1) is 0 Å². The molecule has 0 saturated heterocycles. The van der Waals surface area contributed by atoms with Crippen molar-refractivity contribution in [3.8, 4) is 0 Å². The van der Waals surface area contributed by atoms with E-state index in [0.29, 0.717) is 35.8 Å². The van der Waals surface area contributed by atoms with Crippen LogP contribution in [0, 0.1) is 0 Å². The molecule has 0 aliphatic heterocycles. The van der Waals surface area contributed by atoms with Crippen LogP contribution in [0.25, 0.3) is 0 Å². The van der Waals surface area contributed by atoms with Gasteiger partial charge in [0.05, 0.1) is 12.1 Å². The molecule has 0 aliphatic rings. The van der Waals surface area contributed by atoms with Gasteiger partial charge in [-0.05, 0) is 54.4 Å². The van der Waals surface area contributed by atoms with Crippen LogP contribution in [0.4, 0.5) is 13.2 Å². The summed E-state index contributed by atoms with van der Waals surface area (Å²) in [6.07, 6.45) is -0.779. The number of rotatable bonds is 8. The van der Waals surface area contributed by atoms with Crippen LogP contribution < -0.4 is 0 Å². The Bertz CT molecular complexity index is 1030. The molecule has 0 bridgehead atoms. The minimum Gasteiger partial charge on any atom is -0.345 e. The molecule has 7 heteroatoms. The Labute approximate surface area is 185 Å². The number of aromatic nitrogens is 1. The van der Waals surface area contributed by atoms with Gasteiger partial charge in [0, 0.05) is 35.6 Å². The summed E-state index contributed by atoms with van der Waals surface area (Å²) in [5, 5.41) is 0.495. The predicted molar refractivity (Wildman–Crippen MR) is 116 cm³/mol. The summed E-state index contributed by atoms with van der Waals surface area (Å²) in [5.74, 6) is -0.122. The number of amides is 1. The van der Waals surface area contributed by atoms with Crippen LogP contribution in [-0.2, 0) is 19.3 Å². The van der Waals surface area contributed by atoms with E-state index >= 15 is 0 Å². The average Bonchev–Trinajstić information content (AvgIpc) is 3.16. The summed E-state index contributed by atoms with van der Waals surface area (Å²) in [6.45, 7) is 3.28. The number of unbranched alkanes of at least 4 members (excludes halogenated alkanes) is 1. The van der Waals surface area contributed by atoms with Crippen LogP contribution in [0.15, 0.2) is 66.9 Å². The fourth-order valence-corrected chi connectivity index (χ4v) is 3.58. The van der Waals surface area contributed by atoms with Gasteiger partial charge in [0.15, 0.2) is 0 Å². The average molecular weight is 449 g/mol. The molecule has 0 saturated carbocycles. The topological polar surface area (TPSA) is 25.2 Å². The standard InChI is InChI=1S/C24H24ClF3N2O/c1-2-3-12-30(23(31)19-8-5-10-21(25)15-19)17-22-11-6-13-29(22)16-18-7-4-9-20(14-18)24(26,27)28/h4-11,13-15H,2-3,12,16-17H2,1H3. The third-order valence-corrected chi connectivity index (χ3v) is 5.26. The molecule has 31 heavy (non-hydrogen) atoms. The zero-order valence-corrected chi connectivity index (χ0v) is 18.0. The number of carbonyl (C=O) groups is 1. The van der Waals surface area contributed by atoms with Gasteiger partial charge in [-0.1, -0.05) is 43.1 Å². The molecule has 0 unspecified atom stereocenters. The molecule has 1 heterocycles. The zero-order valence-electron chi connectivity index (χ0n) is 17.2. The maximum Gasteiger partial charge on any atom is 0.416 e. The lowest BCUT2D eigenvalue weighted by Gasteiger charge is -2.24. The highest BCUT2D eigenvalue weighted by Gasteiger charge is 2.30. The Morgan fingerprint density at radius 1 is 1.06 bits per heavy atom. The minimum absolute atomic E-state index is 0.122. The Morgan fingerprint density at radius 2 is 1.84 bits per heavy atom. The first-order valence-corrected chi connectivity index (χ1v) is 10.5. The van der Waals surface area contributed by atoms with Crippen molar-refractivity contribution >= 4 is 17.5 Å². The second-order valence-electron chi connectivity index (χ2n) is 7.42. The van der Waals surface area contributed by atoms with Crippen LogP contribution in [0.3, 0.4) is 0 Å². The number of hydrogen-bond acceptors (Lipinski definition) is 1. The lowest BCUT2D eigenvalue weighted by molar-refractivity contribution is -0.137. The molecule has 2 aromatic carbocycles. The largest absolute Gasteiger partial charge is 0.416 e. The number of carbonyl (C=O) groups excluding carboxylic acids is 1. The number of nitrogens with zero attached hydrogens (tertiary/aromatic N) is 2. The molecular weight excluding hydrogens is 425 g/mol. The maximum atomic E-state index is 13.1.